The van der Waals surface area contributed by atoms with Crippen molar-refractivity contribution in [3.8, 4) is 0 Å². The normalized spacial score (nSPS) is 19.4. The van der Waals surface area contributed by atoms with Crippen LogP contribution in [0.5, 0.6) is 0 Å². The van der Waals surface area contributed by atoms with Gasteiger partial charge in [0.25, 0.3) is 0 Å². The van der Waals surface area contributed by atoms with E-state index in [1.165, 1.54) is 6.07 Å². The lowest BCUT2D eigenvalue weighted by atomic mass is 9.71. The van der Waals surface area contributed by atoms with Gasteiger partial charge in [-0.25, -0.2) is 4.39 Å². The average molecular weight is 348 g/mol. The minimum Gasteiger partial charge on any atom is -0.294 e. The Morgan fingerprint density at radius 2 is 1.95 bits per heavy atom. The quantitative estimate of drug-likeness (QED) is 0.500. The number of halogens is 3. The summed E-state index contributed by atoms with van der Waals surface area (Å²) in [7, 11) is 0. The van der Waals surface area contributed by atoms with Gasteiger partial charge in [-0.1, -0.05) is 25.4 Å². The average Bonchev–Trinajstić information content (AvgIpc) is 2.35. The third kappa shape index (κ3) is 3.19. The molecule has 4 heteroatoms. The van der Waals surface area contributed by atoms with E-state index < -0.39 is 5.82 Å². The van der Waals surface area contributed by atoms with Gasteiger partial charge in [0.15, 0.2) is 11.6 Å². The van der Waals surface area contributed by atoms with Crippen LogP contribution in [0.2, 0.25) is 5.02 Å². The van der Waals surface area contributed by atoms with Crippen LogP contribution in [-0.4, -0.2) is 5.78 Å². The van der Waals surface area contributed by atoms with Gasteiger partial charge in [0.1, 0.15) is 0 Å². The second-order valence-corrected chi connectivity index (χ2v) is 7.26. The van der Waals surface area contributed by atoms with Crippen LogP contribution in [0.15, 0.2) is 16.6 Å². The van der Waals surface area contributed by atoms with Gasteiger partial charge in [0.05, 0.1) is 10.6 Å². The van der Waals surface area contributed by atoms with Gasteiger partial charge in [0.2, 0.25) is 0 Å². The second kappa shape index (κ2) is 5.53. The van der Waals surface area contributed by atoms with E-state index in [0.29, 0.717) is 9.89 Å². The van der Waals surface area contributed by atoms with Crippen molar-refractivity contribution >= 4 is 33.3 Å². The fourth-order valence-corrected chi connectivity index (χ4v) is 3.07. The minimum absolute atomic E-state index is 0.0120. The molecular formula is C15H17BrClFO. The Morgan fingerprint density at radius 1 is 1.37 bits per heavy atom. The maximum absolute atomic E-state index is 14.0. The number of ketones is 1. The topological polar surface area (TPSA) is 17.1 Å². The summed E-state index contributed by atoms with van der Waals surface area (Å²) in [5, 5.41) is -0.0120. The maximum atomic E-state index is 14.0. The number of Topliss-reactive ketones (excluding diaryl/α,β-unsaturated/α-hetero) is 1. The number of hydrogen-bond donors (Lipinski definition) is 0. The molecule has 0 amide bonds. The summed E-state index contributed by atoms with van der Waals surface area (Å²) in [5.41, 5.74) is 0.421. The van der Waals surface area contributed by atoms with E-state index in [4.69, 9.17) is 11.6 Å². The molecule has 1 aliphatic carbocycles. The van der Waals surface area contributed by atoms with Gasteiger partial charge in [-0.15, -0.1) is 0 Å². The van der Waals surface area contributed by atoms with Crippen LogP contribution in [0.3, 0.4) is 0 Å². The smallest absolute Gasteiger partial charge is 0.168 e. The molecule has 0 bridgehead atoms. The third-order valence-corrected chi connectivity index (χ3v) is 5.27. The van der Waals surface area contributed by atoms with Crippen molar-refractivity contribution in [3.05, 3.63) is 33.0 Å². The summed E-state index contributed by atoms with van der Waals surface area (Å²) in [6.45, 7) is 4.43. The van der Waals surface area contributed by atoms with Crippen LogP contribution in [0, 0.1) is 17.2 Å². The molecule has 2 rings (SSSR count). The van der Waals surface area contributed by atoms with Crippen LogP contribution in [0.4, 0.5) is 4.39 Å². The van der Waals surface area contributed by atoms with Crippen LogP contribution < -0.4 is 0 Å². The van der Waals surface area contributed by atoms with E-state index in [0.717, 1.165) is 25.7 Å². The molecule has 1 fully saturated rings. The SMILES string of the molecule is CC1(C)CCC(C(=O)c2ccc(Br)c(Cl)c2F)CC1. The van der Waals surface area contributed by atoms with Crippen molar-refractivity contribution in [1.29, 1.82) is 0 Å². The first-order chi connectivity index (χ1) is 8.82. The Bertz CT molecular complexity index is 503. The lowest BCUT2D eigenvalue weighted by molar-refractivity contribution is 0.0834. The number of rotatable bonds is 2. The molecule has 0 radical (unpaired) electrons. The Hall–Kier alpha value is -0.410. The van der Waals surface area contributed by atoms with Crippen molar-refractivity contribution < 1.29 is 9.18 Å². The summed E-state index contributed by atoms with van der Waals surface area (Å²) in [4.78, 5) is 12.4. The Morgan fingerprint density at radius 3 is 2.53 bits per heavy atom. The summed E-state index contributed by atoms with van der Waals surface area (Å²) in [6.07, 6.45) is 3.68. The largest absolute Gasteiger partial charge is 0.294 e. The third-order valence-electron chi connectivity index (χ3n) is 4.01. The molecular weight excluding hydrogens is 331 g/mol. The van der Waals surface area contributed by atoms with Crippen molar-refractivity contribution in [1.82, 2.24) is 0 Å². The molecule has 0 unspecified atom stereocenters. The lowest BCUT2D eigenvalue weighted by Crippen LogP contribution is -2.26. The van der Waals surface area contributed by atoms with E-state index in [-0.39, 0.29) is 22.3 Å². The second-order valence-electron chi connectivity index (χ2n) is 6.03. The van der Waals surface area contributed by atoms with E-state index in [9.17, 15) is 9.18 Å². The predicted molar refractivity (Wildman–Crippen MR) is 79.2 cm³/mol. The Labute approximate surface area is 126 Å². The fraction of sp³-hybridized carbons (Fsp3) is 0.533. The molecule has 1 aromatic rings. The van der Waals surface area contributed by atoms with Gasteiger partial charge < -0.3 is 0 Å². The molecule has 0 heterocycles. The zero-order valence-corrected chi connectivity index (χ0v) is 13.4. The van der Waals surface area contributed by atoms with Crippen molar-refractivity contribution in [2.24, 2.45) is 11.3 Å². The number of carbonyl (C=O) groups is 1. The highest BCUT2D eigenvalue weighted by Gasteiger charge is 2.32. The molecule has 0 atom stereocenters. The number of carbonyl (C=O) groups excluding carboxylic acids is 1. The van der Waals surface area contributed by atoms with Gasteiger partial charge >= 0.3 is 0 Å². The van der Waals surface area contributed by atoms with E-state index in [1.807, 2.05) is 0 Å². The highest BCUT2D eigenvalue weighted by atomic mass is 79.9. The first-order valence-corrected chi connectivity index (χ1v) is 7.66. The van der Waals surface area contributed by atoms with E-state index in [1.54, 1.807) is 6.07 Å². The molecule has 1 aliphatic rings. The molecule has 19 heavy (non-hydrogen) atoms. The number of benzene rings is 1. The molecule has 0 aromatic heterocycles. The van der Waals surface area contributed by atoms with Gasteiger partial charge in [0, 0.05) is 10.4 Å². The monoisotopic (exact) mass is 346 g/mol. The first kappa shape index (κ1) is 15.0. The van der Waals surface area contributed by atoms with Crippen molar-refractivity contribution in [2.45, 2.75) is 39.5 Å². The zero-order chi connectivity index (χ0) is 14.2. The molecule has 0 aliphatic heterocycles. The summed E-state index contributed by atoms with van der Waals surface area (Å²) < 4.78 is 14.5. The Balaban J connectivity index is 2.20. The molecule has 1 saturated carbocycles. The van der Waals surface area contributed by atoms with Crippen LogP contribution in [0.1, 0.15) is 49.9 Å². The van der Waals surface area contributed by atoms with Crippen LogP contribution >= 0.6 is 27.5 Å². The van der Waals surface area contributed by atoms with E-state index >= 15 is 0 Å². The summed E-state index contributed by atoms with van der Waals surface area (Å²) >= 11 is 8.99. The first-order valence-electron chi connectivity index (χ1n) is 6.49. The molecule has 0 spiro atoms. The lowest BCUT2D eigenvalue weighted by Gasteiger charge is -2.33. The zero-order valence-electron chi connectivity index (χ0n) is 11.1. The van der Waals surface area contributed by atoms with Crippen LogP contribution in [0.25, 0.3) is 0 Å². The molecule has 0 N–H and O–H groups in total. The summed E-state index contributed by atoms with van der Waals surface area (Å²) in [6, 6.07) is 3.15. The number of hydrogen-bond acceptors (Lipinski definition) is 1. The minimum atomic E-state index is -0.606. The summed E-state index contributed by atoms with van der Waals surface area (Å²) in [5.74, 6) is -0.784. The van der Waals surface area contributed by atoms with Gasteiger partial charge in [-0.2, -0.15) is 0 Å². The van der Waals surface area contributed by atoms with Crippen LogP contribution in [-0.2, 0) is 0 Å². The molecule has 104 valence electrons. The molecule has 1 nitrogen and oxygen atoms in total. The van der Waals surface area contributed by atoms with Crippen molar-refractivity contribution in [3.63, 3.8) is 0 Å². The molecule has 1 aromatic carbocycles. The van der Waals surface area contributed by atoms with E-state index in [2.05, 4.69) is 29.8 Å². The van der Waals surface area contributed by atoms with Gasteiger partial charge in [-0.05, 0) is 59.2 Å². The predicted octanol–water partition coefficient (Wildman–Crippen LogP) is 5.64. The highest BCUT2D eigenvalue weighted by Crippen LogP contribution is 2.40. The highest BCUT2D eigenvalue weighted by molar-refractivity contribution is 9.10. The maximum Gasteiger partial charge on any atom is 0.168 e. The standard InChI is InChI=1S/C15H17BrClFO/c1-15(2)7-5-9(6-8-15)14(19)10-3-4-11(16)12(17)13(10)18/h3-4,9H,5-8H2,1-2H3. The van der Waals surface area contributed by atoms with Gasteiger partial charge in [-0.3, -0.25) is 4.79 Å². The van der Waals surface area contributed by atoms with Crippen molar-refractivity contribution in [2.75, 3.05) is 0 Å². The molecule has 0 saturated heterocycles. The Kier molecular flexibility index (Phi) is 4.36. The fourth-order valence-electron chi connectivity index (χ4n) is 2.60.